The number of hydrogen-bond acceptors (Lipinski definition) is 5. The van der Waals surface area contributed by atoms with Crippen LogP contribution in [-0.4, -0.2) is 16.7 Å². The highest BCUT2D eigenvalue weighted by atomic mass is 35.5. The van der Waals surface area contributed by atoms with Crippen molar-refractivity contribution in [3.05, 3.63) is 47.5 Å². The molecule has 5 nitrogen and oxygen atoms in total. The van der Waals surface area contributed by atoms with Gasteiger partial charge in [0.05, 0.1) is 17.3 Å². The second-order valence-electron chi connectivity index (χ2n) is 4.62. The summed E-state index contributed by atoms with van der Waals surface area (Å²) in [5, 5.41) is 4.49. The van der Waals surface area contributed by atoms with Crippen LogP contribution in [-0.2, 0) is 0 Å². The van der Waals surface area contributed by atoms with Gasteiger partial charge >= 0.3 is 0 Å². The van der Waals surface area contributed by atoms with Crippen molar-refractivity contribution >= 4 is 17.3 Å². The minimum atomic E-state index is 0.396. The Hall–Kier alpha value is -2.53. The summed E-state index contributed by atoms with van der Waals surface area (Å²) in [5.41, 5.74) is 7.83. The van der Waals surface area contributed by atoms with Crippen LogP contribution in [0.2, 0.25) is 5.02 Å². The van der Waals surface area contributed by atoms with Crippen LogP contribution in [0.1, 0.15) is 6.92 Å². The summed E-state index contributed by atoms with van der Waals surface area (Å²) in [7, 11) is 0. The van der Waals surface area contributed by atoms with E-state index in [1.54, 1.807) is 18.2 Å². The topological polar surface area (TPSA) is 74.2 Å². The molecule has 0 atom stereocenters. The van der Waals surface area contributed by atoms with E-state index in [9.17, 15) is 0 Å². The van der Waals surface area contributed by atoms with Crippen LogP contribution in [0.5, 0.6) is 5.75 Å². The normalized spacial score (nSPS) is 10.6. The molecule has 22 heavy (non-hydrogen) atoms. The number of rotatable bonds is 4. The summed E-state index contributed by atoms with van der Waals surface area (Å²) in [5.74, 6) is 1.71. The van der Waals surface area contributed by atoms with Gasteiger partial charge in [0.1, 0.15) is 5.75 Å². The average Bonchev–Trinajstić information content (AvgIpc) is 3.01. The van der Waals surface area contributed by atoms with Gasteiger partial charge in [-0.1, -0.05) is 16.8 Å². The third-order valence-corrected chi connectivity index (χ3v) is 3.44. The predicted octanol–water partition coefficient (Wildman–Crippen LogP) is 4.04. The quantitative estimate of drug-likeness (QED) is 0.735. The lowest BCUT2D eigenvalue weighted by molar-refractivity contribution is 0.340. The molecule has 2 aromatic carbocycles. The van der Waals surface area contributed by atoms with Crippen molar-refractivity contribution in [1.29, 1.82) is 0 Å². The SMILES string of the molecule is CCOc1ccc(-c2noc(-c3ccc(Cl)c(N)c3)n2)cc1. The van der Waals surface area contributed by atoms with Crippen molar-refractivity contribution in [1.82, 2.24) is 10.1 Å². The first-order valence-corrected chi connectivity index (χ1v) is 7.17. The molecule has 0 amide bonds. The molecular formula is C16H14ClN3O2. The van der Waals surface area contributed by atoms with Gasteiger partial charge in [0.15, 0.2) is 0 Å². The Labute approximate surface area is 132 Å². The Kier molecular flexibility index (Phi) is 3.98. The van der Waals surface area contributed by atoms with Gasteiger partial charge < -0.3 is 15.0 Å². The van der Waals surface area contributed by atoms with Crippen LogP contribution in [0.3, 0.4) is 0 Å². The lowest BCUT2D eigenvalue weighted by atomic mass is 10.2. The number of benzene rings is 2. The van der Waals surface area contributed by atoms with Crippen LogP contribution in [0, 0.1) is 0 Å². The molecule has 0 aliphatic rings. The standard InChI is InChI=1S/C16H14ClN3O2/c1-2-21-12-6-3-10(4-7-12)15-19-16(22-20-15)11-5-8-13(17)14(18)9-11/h3-9H,2,18H2,1H3. The molecule has 2 N–H and O–H groups in total. The Morgan fingerprint density at radius 2 is 1.86 bits per heavy atom. The van der Waals surface area contributed by atoms with E-state index in [0.717, 1.165) is 16.9 Å². The summed E-state index contributed by atoms with van der Waals surface area (Å²) in [4.78, 5) is 4.38. The Morgan fingerprint density at radius 3 is 2.55 bits per heavy atom. The van der Waals surface area contributed by atoms with Crippen molar-refractivity contribution < 1.29 is 9.26 Å². The number of halogens is 1. The maximum atomic E-state index is 5.91. The zero-order chi connectivity index (χ0) is 15.5. The predicted molar refractivity (Wildman–Crippen MR) is 85.8 cm³/mol. The van der Waals surface area contributed by atoms with Gasteiger partial charge in [0, 0.05) is 11.1 Å². The zero-order valence-corrected chi connectivity index (χ0v) is 12.7. The number of nitrogen functional groups attached to an aromatic ring is 1. The number of nitrogens with two attached hydrogens (primary N) is 1. The summed E-state index contributed by atoms with van der Waals surface area (Å²) in [6.07, 6.45) is 0. The monoisotopic (exact) mass is 315 g/mol. The molecule has 0 fully saturated rings. The first kappa shape index (κ1) is 14.4. The van der Waals surface area contributed by atoms with E-state index in [1.807, 2.05) is 31.2 Å². The number of hydrogen-bond donors (Lipinski definition) is 1. The number of aromatic nitrogens is 2. The van der Waals surface area contributed by atoms with Gasteiger partial charge in [-0.3, -0.25) is 0 Å². The lowest BCUT2D eigenvalue weighted by Gasteiger charge is -2.02. The molecular weight excluding hydrogens is 302 g/mol. The molecule has 0 radical (unpaired) electrons. The molecule has 0 spiro atoms. The molecule has 0 saturated carbocycles. The van der Waals surface area contributed by atoms with Crippen LogP contribution in [0.4, 0.5) is 5.69 Å². The zero-order valence-electron chi connectivity index (χ0n) is 11.9. The maximum Gasteiger partial charge on any atom is 0.258 e. The van der Waals surface area contributed by atoms with Gasteiger partial charge in [-0.2, -0.15) is 4.98 Å². The minimum absolute atomic E-state index is 0.396. The minimum Gasteiger partial charge on any atom is -0.494 e. The fourth-order valence-electron chi connectivity index (χ4n) is 2.00. The van der Waals surface area contributed by atoms with Gasteiger partial charge in [-0.25, -0.2) is 0 Å². The fraction of sp³-hybridized carbons (Fsp3) is 0.125. The van der Waals surface area contributed by atoms with Gasteiger partial charge in [-0.05, 0) is 49.4 Å². The van der Waals surface area contributed by atoms with Gasteiger partial charge in [0.2, 0.25) is 5.82 Å². The van der Waals surface area contributed by atoms with E-state index in [-0.39, 0.29) is 0 Å². The van der Waals surface area contributed by atoms with E-state index >= 15 is 0 Å². The van der Waals surface area contributed by atoms with E-state index in [1.165, 1.54) is 0 Å². The second kappa shape index (κ2) is 6.07. The molecule has 0 saturated heterocycles. The third-order valence-electron chi connectivity index (χ3n) is 3.09. The van der Waals surface area contributed by atoms with Gasteiger partial charge in [0.25, 0.3) is 5.89 Å². The number of nitrogens with zero attached hydrogens (tertiary/aromatic N) is 2. The first-order chi connectivity index (χ1) is 10.7. The summed E-state index contributed by atoms with van der Waals surface area (Å²) in [6, 6.07) is 12.7. The van der Waals surface area contributed by atoms with Gasteiger partial charge in [-0.15, -0.1) is 0 Å². The third kappa shape index (κ3) is 2.89. The highest BCUT2D eigenvalue weighted by Gasteiger charge is 2.11. The molecule has 0 unspecified atom stereocenters. The highest BCUT2D eigenvalue weighted by molar-refractivity contribution is 6.33. The first-order valence-electron chi connectivity index (χ1n) is 6.79. The van der Waals surface area contributed by atoms with Crippen molar-refractivity contribution in [2.24, 2.45) is 0 Å². The number of ether oxygens (including phenoxy) is 1. The smallest absolute Gasteiger partial charge is 0.258 e. The van der Waals surface area contributed by atoms with Crippen LogP contribution >= 0.6 is 11.6 Å². The molecule has 0 bridgehead atoms. The molecule has 3 aromatic rings. The van der Waals surface area contributed by atoms with Crippen molar-refractivity contribution in [2.45, 2.75) is 6.92 Å². The van der Waals surface area contributed by atoms with E-state index < -0.39 is 0 Å². The highest BCUT2D eigenvalue weighted by Crippen LogP contribution is 2.27. The molecule has 0 aliphatic carbocycles. The summed E-state index contributed by atoms with van der Waals surface area (Å²) >= 11 is 5.91. The maximum absolute atomic E-state index is 5.91. The molecule has 1 heterocycles. The van der Waals surface area contributed by atoms with Crippen LogP contribution in [0.15, 0.2) is 47.0 Å². The fourth-order valence-corrected chi connectivity index (χ4v) is 2.12. The second-order valence-corrected chi connectivity index (χ2v) is 5.02. The van der Waals surface area contributed by atoms with Crippen LogP contribution in [0.25, 0.3) is 22.8 Å². The molecule has 1 aromatic heterocycles. The molecule has 3 rings (SSSR count). The summed E-state index contributed by atoms with van der Waals surface area (Å²) < 4.78 is 10.7. The largest absolute Gasteiger partial charge is 0.494 e. The Balaban J connectivity index is 1.88. The Morgan fingerprint density at radius 1 is 1.14 bits per heavy atom. The van der Waals surface area contributed by atoms with E-state index in [0.29, 0.717) is 29.0 Å². The average molecular weight is 316 g/mol. The summed E-state index contributed by atoms with van der Waals surface area (Å²) in [6.45, 7) is 2.57. The van der Waals surface area contributed by atoms with Crippen molar-refractivity contribution in [3.8, 4) is 28.6 Å². The Bertz CT molecular complexity index is 784. The lowest BCUT2D eigenvalue weighted by Crippen LogP contribution is -1.91. The van der Waals surface area contributed by atoms with Crippen LogP contribution < -0.4 is 10.5 Å². The molecule has 0 aliphatic heterocycles. The van der Waals surface area contributed by atoms with Crippen molar-refractivity contribution in [2.75, 3.05) is 12.3 Å². The van der Waals surface area contributed by atoms with Crippen molar-refractivity contribution in [3.63, 3.8) is 0 Å². The van der Waals surface area contributed by atoms with E-state index in [2.05, 4.69) is 10.1 Å². The molecule has 112 valence electrons. The van der Waals surface area contributed by atoms with E-state index in [4.69, 9.17) is 26.6 Å². The number of anilines is 1. The molecule has 6 heteroatoms.